The summed E-state index contributed by atoms with van der Waals surface area (Å²) >= 11 is 0. The van der Waals surface area contributed by atoms with Gasteiger partial charge in [-0.1, -0.05) is 12.1 Å². The molecule has 2 aromatic heterocycles. The van der Waals surface area contributed by atoms with E-state index in [1.165, 1.54) is 12.1 Å². The lowest BCUT2D eigenvalue weighted by Gasteiger charge is -2.28. The SMILES string of the molecule is Cc1cc2ncc3c(n2n1)CCN(S(=O)(=O)c1ccccc1C(F)(F)F)C3. The number of aryl methyl sites for hydroxylation is 1. The van der Waals surface area contributed by atoms with Crippen LogP contribution in [0.15, 0.2) is 41.4 Å². The largest absolute Gasteiger partial charge is 0.417 e. The third-order valence-corrected chi connectivity index (χ3v) is 6.45. The molecule has 0 radical (unpaired) electrons. The van der Waals surface area contributed by atoms with Crippen LogP contribution in [0.4, 0.5) is 13.2 Å². The summed E-state index contributed by atoms with van der Waals surface area (Å²) in [4.78, 5) is 3.53. The van der Waals surface area contributed by atoms with E-state index in [0.29, 0.717) is 17.6 Å². The first-order valence-corrected chi connectivity index (χ1v) is 9.61. The first-order chi connectivity index (χ1) is 12.7. The second-order valence-corrected chi connectivity index (χ2v) is 8.27. The maximum absolute atomic E-state index is 13.3. The Balaban J connectivity index is 1.75. The van der Waals surface area contributed by atoms with Crippen molar-refractivity contribution in [3.63, 3.8) is 0 Å². The Morgan fingerprint density at radius 3 is 2.67 bits per heavy atom. The van der Waals surface area contributed by atoms with E-state index in [0.717, 1.165) is 27.8 Å². The standard InChI is InChI=1S/C17H15F3N4O2S/c1-11-8-16-21-9-12-10-23(7-6-14(12)24(16)22-11)27(25,26)15-5-3-2-4-13(15)17(18,19)20/h2-5,8-9H,6-7,10H2,1H3. The van der Waals surface area contributed by atoms with E-state index >= 15 is 0 Å². The first kappa shape index (κ1) is 17.9. The lowest BCUT2D eigenvalue weighted by atomic mass is 10.1. The molecule has 0 aliphatic carbocycles. The van der Waals surface area contributed by atoms with Gasteiger partial charge in [-0.3, -0.25) is 0 Å². The minimum atomic E-state index is -4.75. The summed E-state index contributed by atoms with van der Waals surface area (Å²) in [5.41, 5.74) is 1.73. The van der Waals surface area contributed by atoms with Gasteiger partial charge in [0.1, 0.15) is 0 Å². The van der Waals surface area contributed by atoms with Gasteiger partial charge in [-0.05, 0) is 19.1 Å². The van der Waals surface area contributed by atoms with Gasteiger partial charge in [0.05, 0.1) is 21.8 Å². The number of hydrogen-bond acceptors (Lipinski definition) is 4. The molecule has 0 unspecified atom stereocenters. The third kappa shape index (κ3) is 2.98. The number of aromatic nitrogens is 3. The first-order valence-electron chi connectivity index (χ1n) is 8.17. The summed E-state index contributed by atoms with van der Waals surface area (Å²) in [7, 11) is -4.31. The van der Waals surface area contributed by atoms with Gasteiger partial charge in [0.2, 0.25) is 10.0 Å². The molecular weight excluding hydrogens is 381 g/mol. The molecule has 0 atom stereocenters. The van der Waals surface area contributed by atoms with Gasteiger partial charge in [-0.15, -0.1) is 0 Å². The van der Waals surface area contributed by atoms with Crippen LogP contribution >= 0.6 is 0 Å². The van der Waals surface area contributed by atoms with Crippen LogP contribution in [0.5, 0.6) is 0 Å². The fourth-order valence-corrected chi connectivity index (χ4v) is 4.93. The lowest BCUT2D eigenvalue weighted by molar-refractivity contribution is -0.139. The van der Waals surface area contributed by atoms with E-state index in [1.54, 1.807) is 10.7 Å². The van der Waals surface area contributed by atoms with Crippen LogP contribution in [0, 0.1) is 6.92 Å². The number of hydrogen-bond donors (Lipinski definition) is 0. The maximum Gasteiger partial charge on any atom is 0.417 e. The van der Waals surface area contributed by atoms with Crippen LogP contribution < -0.4 is 0 Å². The Bertz CT molecular complexity index is 1140. The van der Waals surface area contributed by atoms with Crippen molar-refractivity contribution in [1.82, 2.24) is 18.9 Å². The van der Waals surface area contributed by atoms with Crippen molar-refractivity contribution >= 4 is 15.7 Å². The molecule has 6 nitrogen and oxygen atoms in total. The van der Waals surface area contributed by atoms with Crippen molar-refractivity contribution in [3.05, 3.63) is 59.0 Å². The van der Waals surface area contributed by atoms with Crippen molar-refractivity contribution in [2.45, 2.75) is 31.0 Å². The molecule has 0 bridgehead atoms. The molecule has 27 heavy (non-hydrogen) atoms. The summed E-state index contributed by atoms with van der Waals surface area (Å²) in [6.45, 7) is 1.85. The summed E-state index contributed by atoms with van der Waals surface area (Å²) in [5, 5.41) is 4.36. The summed E-state index contributed by atoms with van der Waals surface area (Å²) in [6.07, 6.45) is -2.86. The highest BCUT2D eigenvalue weighted by Gasteiger charge is 2.39. The predicted octanol–water partition coefficient (Wildman–Crippen LogP) is 2.80. The minimum Gasteiger partial charge on any atom is -0.237 e. The summed E-state index contributed by atoms with van der Waals surface area (Å²) in [5.74, 6) is 0. The number of nitrogens with zero attached hydrogens (tertiary/aromatic N) is 4. The van der Waals surface area contributed by atoms with Gasteiger partial charge >= 0.3 is 6.18 Å². The number of halogens is 3. The second kappa shape index (κ2) is 6.03. The number of fused-ring (bicyclic) bond motifs is 3. The van der Waals surface area contributed by atoms with Crippen LogP contribution in [-0.2, 0) is 29.2 Å². The van der Waals surface area contributed by atoms with Crippen molar-refractivity contribution in [1.29, 1.82) is 0 Å². The van der Waals surface area contributed by atoms with Gasteiger partial charge < -0.3 is 0 Å². The van der Waals surface area contributed by atoms with Crippen LogP contribution in [0.25, 0.3) is 5.65 Å². The third-order valence-electron chi connectivity index (χ3n) is 4.55. The molecule has 10 heteroatoms. The normalized spacial score (nSPS) is 15.9. The molecule has 1 aliphatic rings. The summed E-state index contributed by atoms with van der Waals surface area (Å²) < 4.78 is 68.3. The number of sulfonamides is 1. The zero-order valence-corrected chi connectivity index (χ0v) is 15.0. The van der Waals surface area contributed by atoms with Crippen LogP contribution in [0.2, 0.25) is 0 Å². The minimum absolute atomic E-state index is 0.0499. The summed E-state index contributed by atoms with van der Waals surface area (Å²) in [6, 6.07) is 6.04. The van der Waals surface area contributed by atoms with E-state index in [4.69, 9.17) is 0 Å². The quantitative estimate of drug-likeness (QED) is 0.668. The molecule has 3 aromatic rings. The second-order valence-electron chi connectivity index (χ2n) is 6.37. The Morgan fingerprint density at radius 2 is 1.93 bits per heavy atom. The Hall–Kier alpha value is -2.46. The number of alkyl halides is 3. The fraction of sp³-hybridized carbons (Fsp3) is 0.294. The molecule has 3 heterocycles. The van der Waals surface area contributed by atoms with E-state index in [1.807, 2.05) is 13.0 Å². The molecule has 0 saturated carbocycles. The zero-order chi connectivity index (χ0) is 19.4. The maximum atomic E-state index is 13.3. The highest BCUT2D eigenvalue weighted by atomic mass is 32.2. The average molecular weight is 396 g/mol. The van der Waals surface area contributed by atoms with Crippen molar-refractivity contribution in [2.75, 3.05) is 6.54 Å². The lowest BCUT2D eigenvalue weighted by Crippen LogP contribution is -2.37. The van der Waals surface area contributed by atoms with Crippen molar-refractivity contribution in [2.24, 2.45) is 0 Å². The van der Waals surface area contributed by atoms with Crippen LogP contribution in [-0.4, -0.2) is 33.9 Å². The fourth-order valence-electron chi connectivity index (χ4n) is 3.30. The van der Waals surface area contributed by atoms with Gasteiger partial charge in [0.25, 0.3) is 0 Å². The molecule has 0 saturated heterocycles. The predicted molar refractivity (Wildman–Crippen MR) is 90.5 cm³/mol. The van der Waals surface area contributed by atoms with E-state index in [9.17, 15) is 21.6 Å². The molecule has 0 N–H and O–H groups in total. The number of rotatable bonds is 2. The Labute approximate surface area is 153 Å². The molecule has 142 valence electrons. The zero-order valence-electron chi connectivity index (χ0n) is 14.2. The number of benzene rings is 1. The monoisotopic (exact) mass is 396 g/mol. The van der Waals surface area contributed by atoms with Gasteiger partial charge in [-0.2, -0.15) is 22.6 Å². The molecular formula is C17H15F3N4O2S. The Kier molecular flexibility index (Phi) is 4.00. The van der Waals surface area contributed by atoms with E-state index in [-0.39, 0.29) is 13.1 Å². The van der Waals surface area contributed by atoms with Gasteiger partial charge in [0, 0.05) is 37.3 Å². The van der Waals surface area contributed by atoms with E-state index < -0.39 is 26.7 Å². The van der Waals surface area contributed by atoms with Crippen LogP contribution in [0.3, 0.4) is 0 Å². The molecule has 4 rings (SSSR count). The molecule has 0 amide bonds. The van der Waals surface area contributed by atoms with Crippen LogP contribution in [0.1, 0.15) is 22.5 Å². The van der Waals surface area contributed by atoms with E-state index in [2.05, 4.69) is 10.1 Å². The highest BCUT2D eigenvalue weighted by molar-refractivity contribution is 7.89. The van der Waals surface area contributed by atoms with Gasteiger partial charge in [0.15, 0.2) is 5.65 Å². The average Bonchev–Trinajstić information content (AvgIpc) is 3.01. The molecule has 1 aliphatic heterocycles. The van der Waals surface area contributed by atoms with Gasteiger partial charge in [-0.25, -0.2) is 17.9 Å². The molecule has 0 fully saturated rings. The molecule has 1 aromatic carbocycles. The topological polar surface area (TPSA) is 67.6 Å². The molecule has 0 spiro atoms. The smallest absolute Gasteiger partial charge is 0.237 e. The van der Waals surface area contributed by atoms with Crippen molar-refractivity contribution in [3.8, 4) is 0 Å². The Morgan fingerprint density at radius 1 is 1.19 bits per heavy atom. The van der Waals surface area contributed by atoms with Crippen molar-refractivity contribution < 1.29 is 21.6 Å². The highest BCUT2D eigenvalue weighted by Crippen LogP contribution is 2.36.